The van der Waals surface area contributed by atoms with Crippen molar-refractivity contribution in [2.24, 2.45) is 17.6 Å². The maximum absolute atomic E-state index is 12.8. The second-order valence-electron chi connectivity index (χ2n) is 7.69. The number of carbonyl (C=O) groups is 2. The topological polar surface area (TPSA) is 93.9 Å². The van der Waals surface area contributed by atoms with Crippen molar-refractivity contribution >= 4 is 17.5 Å². The van der Waals surface area contributed by atoms with Crippen molar-refractivity contribution in [3.05, 3.63) is 18.2 Å². The number of hydrogen-bond donors (Lipinski definition) is 2. The average Bonchev–Trinajstić information content (AvgIpc) is 3.13. The summed E-state index contributed by atoms with van der Waals surface area (Å²) in [4.78, 5) is 27.1. The standard InChI is InChI=1S/C21H31N3O4/c1-27-16-8-9-18(19(11-16)28-2)24-13-15(10-20(24)25)21(26)23-17(12-22)14-6-4-3-5-7-14/h8-9,11,14-15,17H,3-7,10,12-13,22H2,1-2H3,(H,23,26). The van der Waals surface area contributed by atoms with Crippen LogP contribution in [-0.2, 0) is 9.59 Å². The molecule has 1 aromatic rings. The number of ether oxygens (including phenoxy) is 2. The Labute approximate surface area is 166 Å². The minimum atomic E-state index is -0.378. The largest absolute Gasteiger partial charge is 0.497 e. The van der Waals surface area contributed by atoms with E-state index in [0.717, 1.165) is 12.8 Å². The Morgan fingerprint density at radius 2 is 2.00 bits per heavy atom. The minimum absolute atomic E-state index is 0.00697. The number of nitrogens with one attached hydrogen (secondary N) is 1. The molecule has 1 aliphatic carbocycles. The monoisotopic (exact) mass is 389 g/mol. The zero-order valence-electron chi connectivity index (χ0n) is 16.8. The second kappa shape index (κ2) is 9.28. The van der Waals surface area contributed by atoms with E-state index in [0.29, 0.717) is 36.2 Å². The number of rotatable bonds is 7. The van der Waals surface area contributed by atoms with Crippen molar-refractivity contribution in [2.75, 3.05) is 32.2 Å². The molecule has 2 unspecified atom stereocenters. The zero-order chi connectivity index (χ0) is 20.1. The van der Waals surface area contributed by atoms with Gasteiger partial charge in [-0.25, -0.2) is 0 Å². The van der Waals surface area contributed by atoms with Gasteiger partial charge in [-0.3, -0.25) is 9.59 Å². The highest BCUT2D eigenvalue weighted by molar-refractivity contribution is 6.01. The van der Waals surface area contributed by atoms with Gasteiger partial charge in [0, 0.05) is 31.6 Å². The van der Waals surface area contributed by atoms with Crippen LogP contribution in [0.3, 0.4) is 0 Å². The summed E-state index contributed by atoms with van der Waals surface area (Å²) in [5.74, 6) is 1.11. The first-order chi connectivity index (χ1) is 13.6. The summed E-state index contributed by atoms with van der Waals surface area (Å²) >= 11 is 0. The number of amides is 2. The molecule has 2 atom stereocenters. The van der Waals surface area contributed by atoms with Crippen molar-refractivity contribution in [1.29, 1.82) is 0 Å². The number of nitrogens with two attached hydrogens (primary N) is 1. The number of anilines is 1. The van der Waals surface area contributed by atoms with Gasteiger partial charge in [0.2, 0.25) is 11.8 Å². The summed E-state index contributed by atoms with van der Waals surface area (Å²) in [5, 5.41) is 3.12. The van der Waals surface area contributed by atoms with Crippen LogP contribution in [0, 0.1) is 11.8 Å². The van der Waals surface area contributed by atoms with E-state index in [1.165, 1.54) is 19.3 Å². The second-order valence-corrected chi connectivity index (χ2v) is 7.69. The lowest BCUT2D eigenvalue weighted by atomic mass is 9.83. The number of methoxy groups -OCH3 is 2. The SMILES string of the molecule is COc1ccc(N2CC(C(=O)NC(CN)C3CCCCC3)CC2=O)c(OC)c1. The van der Waals surface area contributed by atoms with Crippen molar-refractivity contribution in [3.8, 4) is 11.5 Å². The molecular formula is C21H31N3O4. The van der Waals surface area contributed by atoms with Crippen LogP contribution in [0.5, 0.6) is 11.5 Å². The third-order valence-corrected chi connectivity index (χ3v) is 5.97. The van der Waals surface area contributed by atoms with Gasteiger partial charge in [0.05, 0.1) is 25.8 Å². The first kappa shape index (κ1) is 20.5. The Hall–Kier alpha value is -2.28. The summed E-state index contributed by atoms with van der Waals surface area (Å²) in [6, 6.07) is 5.31. The predicted octanol–water partition coefficient (Wildman–Crippen LogP) is 2.08. The summed E-state index contributed by atoms with van der Waals surface area (Å²) < 4.78 is 10.6. The van der Waals surface area contributed by atoms with Gasteiger partial charge < -0.3 is 25.4 Å². The molecule has 3 N–H and O–H groups in total. The fourth-order valence-electron chi connectivity index (χ4n) is 4.33. The molecule has 0 bridgehead atoms. The number of benzene rings is 1. The van der Waals surface area contributed by atoms with Gasteiger partial charge in [-0.05, 0) is 30.9 Å². The summed E-state index contributed by atoms with van der Waals surface area (Å²) in [7, 11) is 3.13. The van der Waals surface area contributed by atoms with E-state index in [1.807, 2.05) is 0 Å². The van der Waals surface area contributed by atoms with Crippen molar-refractivity contribution in [3.63, 3.8) is 0 Å². The Bertz CT molecular complexity index is 703. The van der Waals surface area contributed by atoms with Gasteiger partial charge in [-0.2, -0.15) is 0 Å². The van der Waals surface area contributed by atoms with Gasteiger partial charge in [0.25, 0.3) is 0 Å². The highest BCUT2D eigenvalue weighted by atomic mass is 16.5. The van der Waals surface area contributed by atoms with E-state index in [2.05, 4.69) is 5.32 Å². The van der Waals surface area contributed by atoms with Gasteiger partial charge >= 0.3 is 0 Å². The van der Waals surface area contributed by atoms with Gasteiger partial charge in [-0.1, -0.05) is 19.3 Å². The Kier molecular flexibility index (Phi) is 6.78. The molecule has 7 heteroatoms. The molecule has 154 valence electrons. The van der Waals surface area contributed by atoms with E-state index in [9.17, 15) is 9.59 Å². The van der Waals surface area contributed by atoms with E-state index in [1.54, 1.807) is 37.3 Å². The van der Waals surface area contributed by atoms with Crippen LogP contribution in [0.15, 0.2) is 18.2 Å². The van der Waals surface area contributed by atoms with Crippen LogP contribution < -0.4 is 25.4 Å². The molecule has 1 aliphatic heterocycles. The summed E-state index contributed by atoms with van der Waals surface area (Å²) in [6.45, 7) is 0.780. The van der Waals surface area contributed by atoms with Crippen LogP contribution in [0.1, 0.15) is 38.5 Å². The number of nitrogens with zero attached hydrogens (tertiary/aromatic N) is 1. The molecule has 3 rings (SSSR count). The number of hydrogen-bond acceptors (Lipinski definition) is 5. The van der Waals surface area contributed by atoms with Gasteiger partial charge in [0.15, 0.2) is 0 Å². The Morgan fingerprint density at radius 3 is 2.64 bits per heavy atom. The van der Waals surface area contributed by atoms with Crippen LogP contribution in [0.25, 0.3) is 0 Å². The molecule has 2 amide bonds. The lowest BCUT2D eigenvalue weighted by molar-refractivity contribution is -0.127. The molecule has 2 aliphatic rings. The Balaban J connectivity index is 1.67. The van der Waals surface area contributed by atoms with E-state index in [-0.39, 0.29) is 30.2 Å². The lowest BCUT2D eigenvalue weighted by Gasteiger charge is -2.30. The molecule has 0 spiro atoms. The molecule has 0 aromatic heterocycles. The molecule has 2 fully saturated rings. The minimum Gasteiger partial charge on any atom is -0.497 e. The first-order valence-corrected chi connectivity index (χ1v) is 10.1. The van der Waals surface area contributed by atoms with Crippen LogP contribution in [-0.4, -0.2) is 45.2 Å². The molecule has 1 saturated heterocycles. The molecule has 7 nitrogen and oxygen atoms in total. The fourth-order valence-corrected chi connectivity index (χ4v) is 4.33. The number of carbonyl (C=O) groups excluding carboxylic acids is 2. The smallest absolute Gasteiger partial charge is 0.227 e. The summed E-state index contributed by atoms with van der Waals surface area (Å²) in [6.07, 6.45) is 6.08. The highest BCUT2D eigenvalue weighted by Gasteiger charge is 2.37. The first-order valence-electron chi connectivity index (χ1n) is 10.1. The molecule has 0 radical (unpaired) electrons. The zero-order valence-corrected chi connectivity index (χ0v) is 16.8. The highest BCUT2D eigenvalue weighted by Crippen LogP contribution is 2.36. The third-order valence-electron chi connectivity index (χ3n) is 5.97. The lowest BCUT2D eigenvalue weighted by Crippen LogP contribution is -2.48. The molecule has 28 heavy (non-hydrogen) atoms. The van der Waals surface area contributed by atoms with E-state index < -0.39 is 0 Å². The third kappa shape index (κ3) is 4.41. The van der Waals surface area contributed by atoms with E-state index >= 15 is 0 Å². The normalized spacial score (nSPS) is 21.5. The average molecular weight is 389 g/mol. The van der Waals surface area contributed by atoms with Crippen LogP contribution >= 0.6 is 0 Å². The van der Waals surface area contributed by atoms with Crippen LogP contribution in [0.4, 0.5) is 5.69 Å². The van der Waals surface area contributed by atoms with Crippen molar-refractivity contribution < 1.29 is 19.1 Å². The maximum atomic E-state index is 12.8. The molecule has 1 heterocycles. The van der Waals surface area contributed by atoms with Gasteiger partial charge in [0.1, 0.15) is 11.5 Å². The predicted molar refractivity (Wildman–Crippen MR) is 108 cm³/mol. The molecule has 1 saturated carbocycles. The fraction of sp³-hybridized carbons (Fsp3) is 0.619. The van der Waals surface area contributed by atoms with Crippen molar-refractivity contribution in [2.45, 2.75) is 44.6 Å². The van der Waals surface area contributed by atoms with Gasteiger partial charge in [-0.15, -0.1) is 0 Å². The van der Waals surface area contributed by atoms with Crippen molar-refractivity contribution in [1.82, 2.24) is 5.32 Å². The Morgan fingerprint density at radius 1 is 1.25 bits per heavy atom. The summed E-state index contributed by atoms with van der Waals surface area (Å²) in [5.41, 5.74) is 6.60. The van der Waals surface area contributed by atoms with E-state index in [4.69, 9.17) is 15.2 Å². The quantitative estimate of drug-likeness (QED) is 0.745. The molecule has 1 aromatic carbocycles. The van der Waals surface area contributed by atoms with Crippen LogP contribution in [0.2, 0.25) is 0 Å². The maximum Gasteiger partial charge on any atom is 0.227 e. The molecular weight excluding hydrogens is 358 g/mol.